The van der Waals surface area contributed by atoms with Crippen molar-refractivity contribution in [1.82, 2.24) is 0 Å². The van der Waals surface area contributed by atoms with Gasteiger partial charge in [-0.05, 0) is 41.7 Å². The first-order valence-electron chi connectivity index (χ1n) is 5.59. The molecule has 0 aromatic heterocycles. The monoisotopic (exact) mass is 198 g/mol. The Kier molecular flexibility index (Phi) is 2.52. The molecule has 0 nitrogen and oxygen atoms in total. The molecule has 0 aliphatic carbocycles. The molecule has 0 radical (unpaired) electrons. The van der Waals surface area contributed by atoms with Crippen LogP contribution in [0.15, 0.2) is 30.3 Å². The van der Waals surface area contributed by atoms with Crippen molar-refractivity contribution in [3.63, 3.8) is 0 Å². The molecule has 15 heavy (non-hydrogen) atoms. The van der Waals surface area contributed by atoms with Gasteiger partial charge in [-0.15, -0.1) is 0 Å². The lowest BCUT2D eigenvalue weighted by molar-refractivity contribution is 0.874. The Labute approximate surface area is 91.9 Å². The van der Waals surface area contributed by atoms with Gasteiger partial charge < -0.3 is 0 Å². The van der Waals surface area contributed by atoms with Crippen molar-refractivity contribution in [1.29, 1.82) is 0 Å². The average molecular weight is 198 g/mol. The van der Waals surface area contributed by atoms with E-state index in [1.165, 1.54) is 27.5 Å². The third-order valence-corrected chi connectivity index (χ3v) is 2.98. The van der Waals surface area contributed by atoms with Crippen LogP contribution in [0.25, 0.3) is 10.8 Å². The molecule has 2 rings (SSSR count). The summed E-state index contributed by atoms with van der Waals surface area (Å²) < 4.78 is 0. The van der Waals surface area contributed by atoms with Crippen molar-refractivity contribution in [2.24, 2.45) is 0 Å². The van der Waals surface area contributed by atoms with Crippen molar-refractivity contribution < 1.29 is 0 Å². The van der Waals surface area contributed by atoms with Crippen LogP contribution in [0.5, 0.6) is 0 Å². The zero-order valence-corrected chi connectivity index (χ0v) is 9.96. The molecule has 0 unspecified atom stereocenters. The highest BCUT2D eigenvalue weighted by Gasteiger charge is 2.07. The molecule has 0 saturated carbocycles. The lowest BCUT2D eigenvalue weighted by Crippen LogP contribution is -1.93. The van der Waals surface area contributed by atoms with Crippen LogP contribution in [-0.2, 0) is 0 Å². The van der Waals surface area contributed by atoms with E-state index in [-0.39, 0.29) is 0 Å². The fraction of sp³-hybridized carbons (Fsp3) is 0.333. The second kappa shape index (κ2) is 3.69. The molecular weight excluding hydrogens is 180 g/mol. The topological polar surface area (TPSA) is 0 Å². The fourth-order valence-corrected chi connectivity index (χ4v) is 2.26. The molecule has 2 aromatic rings. The molecule has 0 N–H and O–H groups in total. The zero-order valence-electron chi connectivity index (χ0n) is 9.96. The van der Waals surface area contributed by atoms with Crippen molar-refractivity contribution in [2.45, 2.75) is 33.6 Å². The molecule has 0 spiro atoms. The molecule has 0 amide bonds. The molecule has 0 atom stereocenters. The Morgan fingerprint density at radius 2 is 1.73 bits per heavy atom. The summed E-state index contributed by atoms with van der Waals surface area (Å²) in [6.45, 7) is 8.90. The second-order valence-corrected chi connectivity index (χ2v) is 4.68. The first-order valence-corrected chi connectivity index (χ1v) is 5.59. The summed E-state index contributed by atoms with van der Waals surface area (Å²) in [5.74, 6) is 0.591. The van der Waals surface area contributed by atoms with E-state index in [0.29, 0.717) is 5.92 Å². The molecule has 0 aliphatic heterocycles. The van der Waals surface area contributed by atoms with Crippen molar-refractivity contribution in [2.75, 3.05) is 0 Å². The van der Waals surface area contributed by atoms with Crippen molar-refractivity contribution in [3.05, 3.63) is 47.0 Å². The molecular formula is C15H18. The summed E-state index contributed by atoms with van der Waals surface area (Å²) in [6.07, 6.45) is 0. The van der Waals surface area contributed by atoms with Gasteiger partial charge >= 0.3 is 0 Å². The number of hydrogen-bond acceptors (Lipinski definition) is 0. The molecule has 0 bridgehead atoms. The van der Waals surface area contributed by atoms with E-state index in [1.807, 2.05) is 0 Å². The van der Waals surface area contributed by atoms with E-state index in [9.17, 15) is 0 Å². The van der Waals surface area contributed by atoms with E-state index < -0.39 is 0 Å². The summed E-state index contributed by atoms with van der Waals surface area (Å²) in [5, 5.41) is 2.82. The van der Waals surface area contributed by atoms with E-state index in [0.717, 1.165) is 0 Å². The minimum Gasteiger partial charge on any atom is -0.0614 e. The SMILES string of the molecule is Cc1cc(C(C)C)c2c(C)cccc2c1. The summed E-state index contributed by atoms with van der Waals surface area (Å²) in [7, 11) is 0. The Balaban J connectivity index is 2.88. The molecule has 0 aliphatic rings. The summed E-state index contributed by atoms with van der Waals surface area (Å²) in [6, 6.07) is 11.1. The number of rotatable bonds is 1. The van der Waals surface area contributed by atoms with E-state index in [4.69, 9.17) is 0 Å². The van der Waals surface area contributed by atoms with Crippen LogP contribution in [0.4, 0.5) is 0 Å². The normalized spacial score (nSPS) is 11.3. The molecule has 2 aromatic carbocycles. The molecule has 0 fully saturated rings. The standard InChI is InChI=1S/C15H18/c1-10(2)14-9-11(3)8-13-7-5-6-12(4)15(13)14/h5-10H,1-4H3. The summed E-state index contributed by atoms with van der Waals surface area (Å²) in [5.41, 5.74) is 4.22. The van der Waals surface area contributed by atoms with Crippen LogP contribution in [0, 0.1) is 13.8 Å². The molecule has 0 heterocycles. The van der Waals surface area contributed by atoms with Crippen LogP contribution in [-0.4, -0.2) is 0 Å². The molecule has 0 heteroatoms. The highest BCUT2D eigenvalue weighted by molar-refractivity contribution is 5.89. The second-order valence-electron chi connectivity index (χ2n) is 4.68. The average Bonchev–Trinajstić information content (AvgIpc) is 2.16. The Hall–Kier alpha value is -1.30. The van der Waals surface area contributed by atoms with Crippen molar-refractivity contribution in [3.8, 4) is 0 Å². The number of fused-ring (bicyclic) bond motifs is 1. The lowest BCUT2D eigenvalue weighted by Gasteiger charge is -2.13. The van der Waals surface area contributed by atoms with Crippen LogP contribution in [0.2, 0.25) is 0 Å². The Morgan fingerprint density at radius 1 is 1.00 bits per heavy atom. The smallest absolute Gasteiger partial charge is 0.0120 e. The highest BCUT2D eigenvalue weighted by Crippen LogP contribution is 2.29. The van der Waals surface area contributed by atoms with E-state index >= 15 is 0 Å². The largest absolute Gasteiger partial charge is 0.0614 e. The van der Waals surface area contributed by atoms with Gasteiger partial charge in [0.25, 0.3) is 0 Å². The van der Waals surface area contributed by atoms with Crippen LogP contribution >= 0.6 is 0 Å². The minimum absolute atomic E-state index is 0.591. The highest BCUT2D eigenvalue weighted by atomic mass is 14.1. The van der Waals surface area contributed by atoms with Gasteiger partial charge in [0.1, 0.15) is 0 Å². The number of benzene rings is 2. The third-order valence-electron chi connectivity index (χ3n) is 2.98. The minimum atomic E-state index is 0.591. The van der Waals surface area contributed by atoms with E-state index in [1.54, 1.807) is 0 Å². The fourth-order valence-electron chi connectivity index (χ4n) is 2.26. The third kappa shape index (κ3) is 1.77. The number of hydrogen-bond donors (Lipinski definition) is 0. The van der Waals surface area contributed by atoms with Crippen LogP contribution in [0.3, 0.4) is 0 Å². The van der Waals surface area contributed by atoms with E-state index in [2.05, 4.69) is 58.0 Å². The van der Waals surface area contributed by atoms with Gasteiger partial charge in [0.2, 0.25) is 0 Å². The maximum atomic E-state index is 2.32. The predicted molar refractivity (Wildman–Crippen MR) is 67.5 cm³/mol. The first kappa shape index (κ1) is 10.2. The van der Waals surface area contributed by atoms with Crippen LogP contribution < -0.4 is 0 Å². The van der Waals surface area contributed by atoms with Gasteiger partial charge in [0.05, 0.1) is 0 Å². The Morgan fingerprint density at radius 3 is 2.40 bits per heavy atom. The number of aryl methyl sites for hydroxylation is 2. The maximum Gasteiger partial charge on any atom is -0.0120 e. The molecule has 78 valence electrons. The van der Waals surface area contributed by atoms with Gasteiger partial charge in [-0.2, -0.15) is 0 Å². The lowest BCUT2D eigenvalue weighted by atomic mass is 9.91. The van der Waals surface area contributed by atoms with Gasteiger partial charge in [-0.1, -0.05) is 49.7 Å². The Bertz CT molecular complexity index is 493. The van der Waals surface area contributed by atoms with Gasteiger partial charge in [-0.25, -0.2) is 0 Å². The molecule has 0 saturated heterocycles. The van der Waals surface area contributed by atoms with Gasteiger partial charge in [0, 0.05) is 0 Å². The van der Waals surface area contributed by atoms with Crippen molar-refractivity contribution >= 4 is 10.8 Å². The quantitative estimate of drug-likeness (QED) is 0.629. The predicted octanol–water partition coefficient (Wildman–Crippen LogP) is 4.58. The summed E-state index contributed by atoms with van der Waals surface area (Å²) >= 11 is 0. The summed E-state index contributed by atoms with van der Waals surface area (Å²) in [4.78, 5) is 0. The van der Waals surface area contributed by atoms with Crippen LogP contribution in [0.1, 0.15) is 36.5 Å². The maximum absolute atomic E-state index is 2.32. The zero-order chi connectivity index (χ0) is 11.0. The van der Waals surface area contributed by atoms with Gasteiger partial charge in [-0.3, -0.25) is 0 Å². The van der Waals surface area contributed by atoms with Gasteiger partial charge in [0.15, 0.2) is 0 Å². The first-order chi connectivity index (χ1) is 7.09.